The molecule has 1 saturated carbocycles. The third-order valence-corrected chi connectivity index (χ3v) is 7.12. The Kier molecular flexibility index (Phi) is 6.13. The number of nitrogens with one attached hydrogen (secondary N) is 2. The standard InChI is InChI=1S/C26H31N7O/c1-18-7-11-29-21(13-18)30-22-14-23(32-24(31-22)20-6-4-10-28-16-20)33-12-9-26(17-33)8-3-5-19(15-26)25(34)27-2/h4,6-7,10-11,13-14,16,19H,3,5,8-9,12,15,17H2,1-2H3,(H,27,34)(H,29,30,31,32). The van der Waals surface area contributed by atoms with Gasteiger partial charge in [-0.3, -0.25) is 9.78 Å². The van der Waals surface area contributed by atoms with Crippen LogP contribution in [0.3, 0.4) is 0 Å². The Balaban J connectivity index is 1.44. The number of hydrogen-bond acceptors (Lipinski definition) is 7. The summed E-state index contributed by atoms with van der Waals surface area (Å²) in [6.07, 6.45) is 10.6. The molecule has 8 nitrogen and oxygen atoms in total. The average molecular weight is 458 g/mol. The Bertz CT molecular complexity index is 1170. The second-order valence-electron chi connectivity index (χ2n) is 9.60. The molecule has 0 bridgehead atoms. The maximum atomic E-state index is 12.3. The van der Waals surface area contributed by atoms with Gasteiger partial charge in [0, 0.05) is 56.3 Å². The van der Waals surface area contributed by atoms with Crippen LogP contribution in [0.1, 0.15) is 37.7 Å². The fourth-order valence-corrected chi connectivity index (χ4v) is 5.40. The molecule has 34 heavy (non-hydrogen) atoms. The minimum absolute atomic E-state index is 0.111. The first-order valence-corrected chi connectivity index (χ1v) is 12.0. The molecule has 2 fully saturated rings. The van der Waals surface area contributed by atoms with Gasteiger partial charge in [-0.15, -0.1) is 0 Å². The first kappa shape index (κ1) is 22.3. The molecule has 5 rings (SSSR count). The average Bonchev–Trinajstić information content (AvgIpc) is 3.27. The summed E-state index contributed by atoms with van der Waals surface area (Å²) in [5.74, 6) is 3.27. The Morgan fingerprint density at radius 2 is 2.06 bits per heavy atom. The Morgan fingerprint density at radius 3 is 2.85 bits per heavy atom. The van der Waals surface area contributed by atoms with E-state index in [2.05, 4.69) is 25.5 Å². The van der Waals surface area contributed by atoms with Crippen molar-refractivity contribution in [2.24, 2.45) is 11.3 Å². The fraction of sp³-hybridized carbons (Fsp3) is 0.423. The zero-order chi connectivity index (χ0) is 23.5. The summed E-state index contributed by atoms with van der Waals surface area (Å²) < 4.78 is 0. The quantitative estimate of drug-likeness (QED) is 0.595. The van der Waals surface area contributed by atoms with Crippen molar-refractivity contribution < 1.29 is 4.79 Å². The number of amides is 1. The molecule has 0 aromatic carbocycles. The number of aryl methyl sites for hydroxylation is 1. The van der Waals surface area contributed by atoms with Crippen LogP contribution in [-0.2, 0) is 4.79 Å². The summed E-state index contributed by atoms with van der Waals surface area (Å²) in [7, 11) is 1.74. The summed E-state index contributed by atoms with van der Waals surface area (Å²) >= 11 is 0. The molecule has 1 aliphatic heterocycles. The van der Waals surface area contributed by atoms with Crippen molar-refractivity contribution in [2.75, 3.05) is 30.4 Å². The van der Waals surface area contributed by atoms with Crippen molar-refractivity contribution in [3.8, 4) is 11.4 Å². The summed E-state index contributed by atoms with van der Waals surface area (Å²) in [4.78, 5) is 33.1. The van der Waals surface area contributed by atoms with Crippen LogP contribution in [0.5, 0.6) is 0 Å². The Morgan fingerprint density at radius 1 is 1.15 bits per heavy atom. The van der Waals surface area contributed by atoms with Crippen molar-refractivity contribution in [2.45, 2.75) is 39.0 Å². The number of rotatable bonds is 5. The molecule has 1 saturated heterocycles. The maximum Gasteiger partial charge on any atom is 0.222 e. The maximum absolute atomic E-state index is 12.3. The molecule has 1 aliphatic carbocycles. The van der Waals surface area contributed by atoms with Gasteiger partial charge in [-0.05, 0) is 67.9 Å². The Labute approximate surface area is 200 Å². The van der Waals surface area contributed by atoms with Crippen LogP contribution in [-0.4, -0.2) is 46.0 Å². The van der Waals surface area contributed by atoms with Gasteiger partial charge < -0.3 is 15.5 Å². The van der Waals surface area contributed by atoms with Crippen LogP contribution >= 0.6 is 0 Å². The van der Waals surface area contributed by atoms with E-state index in [4.69, 9.17) is 9.97 Å². The minimum atomic E-state index is 0.111. The van der Waals surface area contributed by atoms with Crippen LogP contribution in [0, 0.1) is 18.3 Å². The van der Waals surface area contributed by atoms with Gasteiger partial charge in [-0.2, -0.15) is 0 Å². The van der Waals surface area contributed by atoms with Gasteiger partial charge in [0.1, 0.15) is 17.5 Å². The van der Waals surface area contributed by atoms with Crippen molar-refractivity contribution >= 4 is 23.4 Å². The van der Waals surface area contributed by atoms with Gasteiger partial charge >= 0.3 is 0 Å². The molecule has 3 aromatic heterocycles. The van der Waals surface area contributed by atoms with Gasteiger partial charge in [0.2, 0.25) is 5.91 Å². The van der Waals surface area contributed by atoms with Gasteiger partial charge in [0.25, 0.3) is 0 Å². The molecule has 176 valence electrons. The van der Waals surface area contributed by atoms with E-state index in [0.717, 1.165) is 68.0 Å². The summed E-state index contributed by atoms with van der Waals surface area (Å²) in [6, 6.07) is 9.84. The first-order valence-electron chi connectivity index (χ1n) is 12.0. The van der Waals surface area contributed by atoms with Gasteiger partial charge in [-0.1, -0.05) is 6.42 Å². The number of pyridine rings is 2. The van der Waals surface area contributed by atoms with Gasteiger partial charge in [0.05, 0.1) is 0 Å². The van der Waals surface area contributed by atoms with Crippen LogP contribution in [0.2, 0.25) is 0 Å². The second kappa shape index (κ2) is 9.37. The number of carbonyl (C=O) groups excluding carboxylic acids is 1. The fourth-order valence-electron chi connectivity index (χ4n) is 5.40. The highest BCUT2D eigenvalue weighted by Gasteiger charge is 2.43. The molecule has 8 heteroatoms. The molecule has 2 unspecified atom stereocenters. The SMILES string of the molecule is CNC(=O)C1CCCC2(CCN(c3cc(Nc4cc(C)ccn4)nc(-c4cccnc4)n3)C2)C1. The van der Waals surface area contributed by atoms with Gasteiger partial charge in [-0.25, -0.2) is 15.0 Å². The minimum Gasteiger partial charge on any atom is -0.359 e. The van der Waals surface area contributed by atoms with E-state index in [1.807, 2.05) is 37.3 Å². The molecule has 0 radical (unpaired) electrons. The lowest BCUT2D eigenvalue weighted by Crippen LogP contribution is -2.38. The number of carbonyl (C=O) groups is 1. The monoisotopic (exact) mass is 457 g/mol. The van der Waals surface area contributed by atoms with Crippen LogP contribution in [0.4, 0.5) is 17.5 Å². The molecule has 2 aliphatic rings. The molecule has 1 spiro atoms. The lowest BCUT2D eigenvalue weighted by Gasteiger charge is -2.37. The van der Waals surface area contributed by atoms with Crippen molar-refractivity contribution in [3.05, 3.63) is 54.5 Å². The van der Waals surface area contributed by atoms with Crippen molar-refractivity contribution in [1.29, 1.82) is 0 Å². The van der Waals surface area contributed by atoms with Crippen molar-refractivity contribution in [1.82, 2.24) is 25.3 Å². The lowest BCUT2D eigenvalue weighted by atomic mass is 9.69. The van der Waals surface area contributed by atoms with E-state index in [1.165, 1.54) is 0 Å². The number of hydrogen-bond donors (Lipinski definition) is 2. The largest absolute Gasteiger partial charge is 0.359 e. The van der Waals surface area contributed by atoms with E-state index in [1.54, 1.807) is 25.6 Å². The van der Waals surface area contributed by atoms with E-state index in [-0.39, 0.29) is 17.2 Å². The Hall–Kier alpha value is -3.55. The molecule has 2 atom stereocenters. The number of anilines is 3. The highest BCUT2D eigenvalue weighted by atomic mass is 16.1. The van der Waals surface area contributed by atoms with E-state index in [0.29, 0.717) is 11.6 Å². The molecule has 1 amide bonds. The lowest BCUT2D eigenvalue weighted by molar-refractivity contribution is -0.126. The third kappa shape index (κ3) is 4.71. The zero-order valence-electron chi connectivity index (χ0n) is 19.8. The predicted molar refractivity (Wildman–Crippen MR) is 133 cm³/mol. The molecular formula is C26H31N7O. The summed E-state index contributed by atoms with van der Waals surface area (Å²) in [6.45, 7) is 3.87. The summed E-state index contributed by atoms with van der Waals surface area (Å²) in [5, 5.41) is 6.21. The molecule has 3 aromatic rings. The molecular weight excluding hydrogens is 426 g/mol. The smallest absolute Gasteiger partial charge is 0.222 e. The zero-order valence-corrected chi connectivity index (χ0v) is 19.8. The van der Waals surface area contributed by atoms with Crippen molar-refractivity contribution in [3.63, 3.8) is 0 Å². The second-order valence-corrected chi connectivity index (χ2v) is 9.60. The molecule has 2 N–H and O–H groups in total. The van der Waals surface area contributed by atoms with Crippen LogP contribution in [0.25, 0.3) is 11.4 Å². The number of nitrogens with zero attached hydrogens (tertiary/aromatic N) is 5. The normalized spacial score (nSPS) is 22.1. The first-order chi connectivity index (χ1) is 16.5. The topological polar surface area (TPSA) is 95.9 Å². The summed E-state index contributed by atoms with van der Waals surface area (Å²) in [5.41, 5.74) is 2.17. The predicted octanol–water partition coefficient (Wildman–Crippen LogP) is 4.12. The van der Waals surface area contributed by atoms with Crippen LogP contribution in [0.15, 0.2) is 48.9 Å². The van der Waals surface area contributed by atoms with E-state index in [9.17, 15) is 4.79 Å². The highest BCUT2D eigenvalue weighted by molar-refractivity contribution is 5.78. The highest BCUT2D eigenvalue weighted by Crippen LogP contribution is 2.47. The van der Waals surface area contributed by atoms with E-state index >= 15 is 0 Å². The van der Waals surface area contributed by atoms with E-state index < -0.39 is 0 Å². The molecule has 4 heterocycles. The van der Waals surface area contributed by atoms with Crippen LogP contribution < -0.4 is 15.5 Å². The van der Waals surface area contributed by atoms with Gasteiger partial charge in [0.15, 0.2) is 5.82 Å². The third-order valence-electron chi connectivity index (χ3n) is 7.12. The number of aromatic nitrogens is 4.